The average molecular weight is 1170 g/mol. The van der Waals surface area contributed by atoms with E-state index >= 15 is 0 Å². The maximum Gasteiger partial charge on any atom is 0.305 e. The molecule has 2 atom stereocenters. The summed E-state index contributed by atoms with van der Waals surface area (Å²) in [6.45, 7) is 4.96. The molecule has 0 aliphatic rings. The monoisotopic (exact) mass is 1170 g/mol. The molecule has 0 saturated heterocycles. The third-order valence-electron chi connectivity index (χ3n) is 18.3. The van der Waals surface area contributed by atoms with E-state index in [9.17, 15) is 19.8 Å². The highest BCUT2D eigenvalue weighted by atomic mass is 16.5. The van der Waals surface area contributed by atoms with Crippen molar-refractivity contribution in [3.63, 3.8) is 0 Å². The molecule has 3 N–H and O–H groups in total. The summed E-state index contributed by atoms with van der Waals surface area (Å²) < 4.78 is 5.51. The lowest BCUT2D eigenvalue weighted by molar-refractivity contribution is -0.143. The van der Waals surface area contributed by atoms with Crippen molar-refractivity contribution < 1.29 is 24.5 Å². The highest BCUT2D eigenvalue weighted by Crippen LogP contribution is 2.20. The van der Waals surface area contributed by atoms with Gasteiger partial charge in [0.2, 0.25) is 5.91 Å². The maximum atomic E-state index is 12.5. The molecule has 0 aromatic heterocycles. The van der Waals surface area contributed by atoms with E-state index in [0.29, 0.717) is 19.4 Å². The van der Waals surface area contributed by atoms with Crippen LogP contribution in [-0.4, -0.2) is 47.4 Å². The second kappa shape index (κ2) is 73.1. The molecule has 0 saturated carbocycles. The predicted octanol–water partition coefficient (Wildman–Crippen LogP) is 25.1. The Hall–Kier alpha value is -1.40. The van der Waals surface area contributed by atoms with Gasteiger partial charge in [0, 0.05) is 12.8 Å². The molecular formula is C77H151NO5. The number of carbonyl (C=O) groups is 2. The number of carbonyl (C=O) groups excluding carboxylic acids is 2. The van der Waals surface area contributed by atoms with Gasteiger partial charge in [0.05, 0.1) is 25.4 Å². The average Bonchev–Trinajstić information content (AvgIpc) is 3.49. The Morgan fingerprint density at radius 1 is 0.325 bits per heavy atom. The summed E-state index contributed by atoms with van der Waals surface area (Å²) in [5, 5.41) is 23.2. The molecule has 6 nitrogen and oxygen atoms in total. The van der Waals surface area contributed by atoms with E-state index in [1.807, 2.05) is 6.08 Å². The second-order valence-corrected chi connectivity index (χ2v) is 26.7. The van der Waals surface area contributed by atoms with Crippen LogP contribution in [0.5, 0.6) is 0 Å². The van der Waals surface area contributed by atoms with E-state index in [0.717, 1.165) is 38.5 Å². The zero-order chi connectivity index (χ0) is 59.9. The Kier molecular flexibility index (Phi) is 71.8. The first kappa shape index (κ1) is 81.6. The lowest BCUT2D eigenvalue weighted by atomic mass is 10.0. The molecule has 6 heteroatoms. The van der Waals surface area contributed by atoms with Crippen molar-refractivity contribution in [1.29, 1.82) is 0 Å². The highest BCUT2D eigenvalue weighted by Gasteiger charge is 2.18. The molecule has 0 aromatic carbocycles. The summed E-state index contributed by atoms with van der Waals surface area (Å²) in [6.07, 6.45) is 91.9. The number of esters is 1. The fourth-order valence-corrected chi connectivity index (χ4v) is 12.5. The van der Waals surface area contributed by atoms with Crippen LogP contribution in [0.25, 0.3) is 0 Å². The Labute approximate surface area is 520 Å². The van der Waals surface area contributed by atoms with Crippen molar-refractivity contribution in [2.45, 2.75) is 456 Å². The number of hydrogen-bond acceptors (Lipinski definition) is 5. The third kappa shape index (κ3) is 69.6. The molecule has 83 heavy (non-hydrogen) atoms. The molecule has 2 unspecified atom stereocenters. The van der Waals surface area contributed by atoms with Gasteiger partial charge in [0.1, 0.15) is 0 Å². The van der Waals surface area contributed by atoms with Crippen LogP contribution < -0.4 is 5.32 Å². The normalized spacial score (nSPS) is 12.5. The topological polar surface area (TPSA) is 95.9 Å². The van der Waals surface area contributed by atoms with Gasteiger partial charge >= 0.3 is 5.97 Å². The standard InChI is InChI=1S/C77H151NO5/c1-3-5-7-9-11-13-15-17-19-42-45-49-53-57-61-65-69-75(80)74(73-79)78-76(81)70-66-62-58-54-50-46-43-39-37-35-33-31-29-27-25-23-21-20-22-24-26-28-30-32-34-36-38-40-44-48-52-56-60-64-68-72-83-77(82)71-67-63-59-55-51-47-41-18-16-14-12-10-8-6-4-2/h65,69,74-75,79-80H,3-64,66-68,70-73H2,1-2H3,(H,78,81)/b69-65+. The number of allylic oxidation sites excluding steroid dienone is 1. The van der Waals surface area contributed by atoms with Gasteiger partial charge in [-0.1, -0.05) is 411 Å². The molecular weight excluding hydrogens is 1020 g/mol. The Morgan fingerprint density at radius 3 is 0.819 bits per heavy atom. The molecule has 0 aliphatic heterocycles. The van der Waals surface area contributed by atoms with E-state index < -0.39 is 12.1 Å². The van der Waals surface area contributed by atoms with Gasteiger partial charge in [-0.25, -0.2) is 0 Å². The van der Waals surface area contributed by atoms with Gasteiger partial charge in [-0.15, -0.1) is 0 Å². The van der Waals surface area contributed by atoms with Gasteiger partial charge in [-0.2, -0.15) is 0 Å². The Bertz CT molecular complexity index is 1260. The van der Waals surface area contributed by atoms with E-state index in [1.165, 1.54) is 379 Å². The van der Waals surface area contributed by atoms with Crippen molar-refractivity contribution >= 4 is 11.9 Å². The lowest BCUT2D eigenvalue weighted by Crippen LogP contribution is -2.45. The Morgan fingerprint density at radius 2 is 0.554 bits per heavy atom. The molecule has 0 spiro atoms. The summed E-state index contributed by atoms with van der Waals surface area (Å²) in [7, 11) is 0. The van der Waals surface area contributed by atoms with E-state index in [1.54, 1.807) is 6.08 Å². The van der Waals surface area contributed by atoms with Crippen molar-refractivity contribution in [3.8, 4) is 0 Å². The summed E-state index contributed by atoms with van der Waals surface area (Å²) in [5.74, 6) is -0.0326. The van der Waals surface area contributed by atoms with Crippen molar-refractivity contribution in [1.82, 2.24) is 5.32 Å². The van der Waals surface area contributed by atoms with Crippen LogP contribution in [-0.2, 0) is 14.3 Å². The second-order valence-electron chi connectivity index (χ2n) is 26.7. The first-order valence-electron chi connectivity index (χ1n) is 38.5. The smallest absolute Gasteiger partial charge is 0.305 e. The number of rotatable bonds is 73. The van der Waals surface area contributed by atoms with Crippen LogP contribution >= 0.6 is 0 Å². The number of unbranched alkanes of at least 4 members (excludes halogenated alkanes) is 62. The molecule has 0 radical (unpaired) electrons. The van der Waals surface area contributed by atoms with Gasteiger partial charge in [0.15, 0.2) is 0 Å². The van der Waals surface area contributed by atoms with E-state index in [-0.39, 0.29) is 18.5 Å². The summed E-state index contributed by atoms with van der Waals surface area (Å²) in [5.41, 5.74) is 0. The molecule has 0 bridgehead atoms. The predicted molar refractivity (Wildman–Crippen MR) is 366 cm³/mol. The molecule has 0 aliphatic carbocycles. The maximum absolute atomic E-state index is 12.5. The summed E-state index contributed by atoms with van der Waals surface area (Å²) >= 11 is 0. The lowest BCUT2D eigenvalue weighted by Gasteiger charge is -2.20. The fourth-order valence-electron chi connectivity index (χ4n) is 12.5. The molecule has 0 rings (SSSR count). The molecule has 0 fully saturated rings. The molecule has 1 amide bonds. The van der Waals surface area contributed by atoms with Crippen LogP contribution in [0.3, 0.4) is 0 Å². The van der Waals surface area contributed by atoms with Gasteiger partial charge in [0.25, 0.3) is 0 Å². The number of aliphatic hydroxyl groups is 2. The number of nitrogens with one attached hydrogen (secondary N) is 1. The van der Waals surface area contributed by atoms with E-state index in [2.05, 4.69) is 19.2 Å². The zero-order valence-electron chi connectivity index (χ0n) is 56.7. The SMILES string of the molecule is CCCCCCCCCCCCCCCC/C=C/C(O)C(CO)NC(=O)CCCCCCCCCCCCCCCCCCCCCCCCCCCCCCCCCCCCCOC(=O)CCCCCCCCCCCCCCCCC. The van der Waals surface area contributed by atoms with Crippen LogP contribution in [0, 0.1) is 0 Å². The largest absolute Gasteiger partial charge is 0.466 e. The van der Waals surface area contributed by atoms with Crippen LogP contribution in [0.4, 0.5) is 0 Å². The third-order valence-corrected chi connectivity index (χ3v) is 18.3. The molecule has 494 valence electrons. The zero-order valence-corrected chi connectivity index (χ0v) is 56.7. The number of hydrogen-bond donors (Lipinski definition) is 3. The van der Waals surface area contributed by atoms with Crippen molar-refractivity contribution in [2.75, 3.05) is 13.2 Å². The van der Waals surface area contributed by atoms with Gasteiger partial charge < -0.3 is 20.3 Å². The van der Waals surface area contributed by atoms with Gasteiger partial charge in [-0.05, 0) is 32.1 Å². The molecule has 0 heterocycles. The van der Waals surface area contributed by atoms with E-state index in [4.69, 9.17) is 4.74 Å². The minimum atomic E-state index is -0.840. The number of aliphatic hydroxyl groups excluding tert-OH is 2. The Balaban J connectivity index is 3.31. The summed E-state index contributed by atoms with van der Waals surface area (Å²) in [6, 6.07) is -0.623. The minimum absolute atomic E-state index is 0.0263. The van der Waals surface area contributed by atoms with Crippen LogP contribution in [0.1, 0.15) is 444 Å². The fraction of sp³-hybridized carbons (Fsp3) is 0.948. The number of ether oxygens (including phenoxy) is 1. The summed E-state index contributed by atoms with van der Waals surface area (Å²) in [4.78, 5) is 24.6. The number of amides is 1. The van der Waals surface area contributed by atoms with Crippen molar-refractivity contribution in [2.24, 2.45) is 0 Å². The minimum Gasteiger partial charge on any atom is -0.466 e. The molecule has 0 aromatic rings. The first-order chi connectivity index (χ1) is 41.0. The van der Waals surface area contributed by atoms with Crippen LogP contribution in [0.15, 0.2) is 12.2 Å². The van der Waals surface area contributed by atoms with Gasteiger partial charge in [-0.3, -0.25) is 9.59 Å². The van der Waals surface area contributed by atoms with Crippen molar-refractivity contribution in [3.05, 3.63) is 12.2 Å². The first-order valence-corrected chi connectivity index (χ1v) is 38.5. The quantitative estimate of drug-likeness (QED) is 0.0320. The highest BCUT2D eigenvalue weighted by molar-refractivity contribution is 5.76. The van der Waals surface area contributed by atoms with Crippen LogP contribution in [0.2, 0.25) is 0 Å².